The molecule has 7 nitrogen and oxygen atoms in total. The first kappa shape index (κ1) is 15.5. The normalized spacial score (nSPS) is 18.3. The lowest BCUT2D eigenvalue weighted by Crippen LogP contribution is -2.41. The molecule has 8 heteroatoms. The van der Waals surface area contributed by atoms with Crippen LogP contribution in [-0.4, -0.2) is 33.3 Å². The monoisotopic (exact) mass is 311 g/mol. The van der Waals surface area contributed by atoms with E-state index in [4.69, 9.17) is 0 Å². The number of carbonyl (C=O) groups excluding carboxylic acids is 2. The first-order valence-electron chi connectivity index (χ1n) is 6.52. The van der Waals surface area contributed by atoms with E-state index in [1.807, 2.05) is 0 Å². The van der Waals surface area contributed by atoms with Gasteiger partial charge in [0.1, 0.15) is 6.04 Å². The molecule has 21 heavy (non-hydrogen) atoms. The average molecular weight is 311 g/mol. The lowest BCUT2D eigenvalue weighted by atomic mass is 10.2. The molecule has 0 aromatic heterocycles. The molecule has 1 atom stereocenters. The van der Waals surface area contributed by atoms with Crippen molar-refractivity contribution in [2.45, 2.75) is 30.3 Å². The van der Waals surface area contributed by atoms with Gasteiger partial charge in [0.15, 0.2) is 0 Å². The minimum absolute atomic E-state index is 0.128. The topological polar surface area (TPSA) is 104 Å². The molecule has 0 unspecified atom stereocenters. The van der Waals surface area contributed by atoms with Gasteiger partial charge in [-0.25, -0.2) is 13.1 Å². The van der Waals surface area contributed by atoms with Gasteiger partial charge in [0.05, 0.1) is 4.90 Å². The molecule has 1 aromatic carbocycles. The fraction of sp³-hybridized carbons (Fsp3) is 0.385. The zero-order valence-corrected chi connectivity index (χ0v) is 12.4. The van der Waals surface area contributed by atoms with Crippen LogP contribution in [0.5, 0.6) is 0 Å². The summed E-state index contributed by atoms with van der Waals surface area (Å²) in [5.74, 6) is -0.389. The molecule has 1 saturated heterocycles. The fourth-order valence-electron chi connectivity index (χ4n) is 2.06. The Morgan fingerprint density at radius 1 is 1.43 bits per heavy atom. The second-order valence-electron chi connectivity index (χ2n) is 4.73. The van der Waals surface area contributed by atoms with E-state index in [9.17, 15) is 18.0 Å². The van der Waals surface area contributed by atoms with Crippen molar-refractivity contribution in [3.63, 3.8) is 0 Å². The van der Waals surface area contributed by atoms with Gasteiger partial charge < -0.3 is 10.6 Å². The third kappa shape index (κ3) is 3.79. The molecule has 1 aliphatic heterocycles. The molecule has 0 radical (unpaired) electrons. The number of carbonyl (C=O) groups is 2. The Hall–Kier alpha value is -1.93. The highest BCUT2D eigenvalue weighted by Gasteiger charge is 2.26. The third-order valence-corrected chi connectivity index (χ3v) is 4.67. The number of benzene rings is 1. The molecule has 1 aromatic rings. The summed E-state index contributed by atoms with van der Waals surface area (Å²) in [7, 11) is -2.16. The summed E-state index contributed by atoms with van der Waals surface area (Å²) >= 11 is 0. The van der Waals surface area contributed by atoms with Gasteiger partial charge in [-0.1, -0.05) is 12.1 Å². The Morgan fingerprint density at radius 3 is 2.81 bits per heavy atom. The van der Waals surface area contributed by atoms with Gasteiger partial charge in [0, 0.05) is 13.0 Å². The standard InChI is InChI=1S/C13H17N3O4S/c1-14-21(19,20)10-4-2-3-9(7-10)8-15-13(18)11-5-6-12(17)16-11/h2-4,7,11,14H,5-6,8H2,1H3,(H,15,18)(H,16,17)/t11-/m0/s1. The van der Waals surface area contributed by atoms with Gasteiger partial charge in [0.25, 0.3) is 0 Å². The van der Waals surface area contributed by atoms with Gasteiger partial charge in [-0.2, -0.15) is 0 Å². The van der Waals surface area contributed by atoms with E-state index < -0.39 is 16.1 Å². The smallest absolute Gasteiger partial charge is 0.242 e. The van der Waals surface area contributed by atoms with Crippen molar-refractivity contribution in [3.8, 4) is 0 Å². The number of nitrogens with one attached hydrogen (secondary N) is 3. The summed E-state index contributed by atoms with van der Waals surface area (Å²) in [5.41, 5.74) is 0.670. The molecule has 0 aliphatic carbocycles. The Bertz CT molecular complexity index is 657. The van der Waals surface area contributed by atoms with Crippen molar-refractivity contribution in [2.24, 2.45) is 0 Å². The molecule has 3 N–H and O–H groups in total. The summed E-state index contributed by atoms with van der Waals surface area (Å²) < 4.78 is 25.6. The first-order valence-corrected chi connectivity index (χ1v) is 8.00. The van der Waals surface area contributed by atoms with Crippen molar-refractivity contribution in [3.05, 3.63) is 29.8 Å². The van der Waals surface area contributed by atoms with Crippen LogP contribution in [0.4, 0.5) is 0 Å². The average Bonchev–Trinajstić information content (AvgIpc) is 2.92. The Morgan fingerprint density at radius 2 is 2.19 bits per heavy atom. The third-order valence-electron chi connectivity index (χ3n) is 3.26. The van der Waals surface area contributed by atoms with E-state index in [0.717, 1.165) is 0 Å². The van der Waals surface area contributed by atoms with Crippen molar-refractivity contribution in [1.29, 1.82) is 0 Å². The first-order chi connectivity index (χ1) is 9.92. The maximum atomic E-state index is 11.8. The molecular weight excluding hydrogens is 294 g/mol. The molecule has 0 spiro atoms. The molecule has 2 rings (SSSR count). The molecule has 114 valence electrons. The Labute approximate surface area is 123 Å². The summed E-state index contributed by atoms with van der Waals surface area (Å²) in [5, 5.41) is 5.27. The van der Waals surface area contributed by atoms with E-state index in [-0.39, 0.29) is 23.3 Å². The minimum atomic E-state index is -3.50. The molecular formula is C13H17N3O4S. The molecule has 1 aliphatic rings. The van der Waals surface area contributed by atoms with Crippen molar-refractivity contribution >= 4 is 21.8 Å². The highest BCUT2D eigenvalue weighted by Crippen LogP contribution is 2.11. The van der Waals surface area contributed by atoms with Gasteiger partial charge in [-0.05, 0) is 31.2 Å². The maximum absolute atomic E-state index is 11.8. The molecule has 1 fully saturated rings. The quantitative estimate of drug-likeness (QED) is 0.681. The molecule has 1 heterocycles. The summed E-state index contributed by atoms with van der Waals surface area (Å²) in [6.07, 6.45) is 0.840. The second-order valence-corrected chi connectivity index (χ2v) is 6.62. The van der Waals surface area contributed by atoms with Crippen LogP contribution in [0.25, 0.3) is 0 Å². The van der Waals surface area contributed by atoms with Crippen LogP contribution in [0, 0.1) is 0 Å². The highest BCUT2D eigenvalue weighted by molar-refractivity contribution is 7.89. The lowest BCUT2D eigenvalue weighted by Gasteiger charge is -2.11. The summed E-state index contributed by atoms with van der Waals surface area (Å²) in [6.45, 7) is 0.207. The summed E-state index contributed by atoms with van der Waals surface area (Å²) in [6, 6.07) is 5.82. The summed E-state index contributed by atoms with van der Waals surface area (Å²) in [4.78, 5) is 23.0. The second kappa shape index (κ2) is 6.23. The van der Waals surface area contributed by atoms with Crippen LogP contribution in [0.1, 0.15) is 18.4 Å². The maximum Gasteiger partial charge on any atom is 0.242 e. The van der Waals surface area contributed by atoms with E-state index in [0.29, 0.717) is 18.4 Å². The van der Waals surface area contributed by atoms with Crippen LogP contribution >= 0.6 is 0 Å². The predicted molar refractivity (Wildman–Crippen MR) is 75.7 cm³/mol. The minimum Gasteiger partial charge on any atom is -0.350 e. The fourth-order valence-corrected chi connectivity index (χ4v) is 2.86. The number of sulfonamides is 1. The number of hydrogen-bond donors (Lipinski definition) is 3. The van der Waals surface area contributed by atoms with E-state index in [1.54, 1.807) is 12.1 Å². The van der Waals surface area contributed by atoms with Crippen LogP contribution in [0.3, 0.4) is 0 Å². The zero-order chi connectivity index (χ0) is 15.5. The van der Waals surface area contributed by atoms with Gasteiger partial charge >= 0.3 is 0 Å². The zero-order valence-electron chi connectivity index (χ0n) is 11.5. The van der Waals surface area contributed by atoms with Crippen LogP contribution < -0.4 is 15.4 Å². The van der Waals surface area contributed by atoms with Crippen molar-refractivity contribution < 1.29 is 18.0 Å². The molecule has 2 amide bonds. The van der Waals surface area contributed by atoms with Gasteiger partial charge in [0.2, 0.25) is 21.8 Å². The van der Waals surface area contributed by atoms with Gasteiger partial charge in [-0.15, -0.1) is 0 Å². The SMILES string of the molecule is CNS(=O)(=O)c1cccc(CNC(=O)[C@@H]2CCC(=O)N2)c1. The van der Waals surface area contributed by atoms with E-state index in [1.165, 1.54) is 19.2 Å². The van der Waals surface area contributed by atoms with Crippen molar-refractivity contribution in [2.75, 3.05) is 7.05 Å². The molecule has 0 bridgehead atoms. The Balaban J connectivity index is 1.99. The largest absolute Gasteiger partial charge is 0.350 e. The van der Waals surface area contributed by atoms with Gasteiger partial charge in [-0.3, -0.25) is 9.59 Å². The molecule has 0 saturated carbocycles. The lowest BCUT2D eigenvalue weighted by molar-refractivity contribution is -0.125. The van der Waals surface area contributed by atoms with Crippen LogP contribution in [-0.2, 0) is 26.2 Å². The Kier molecular flexibility index (Phi) is 4.59. The number of hydrogen-bond acceptors (Lipinski definition) is 4. The van der Waals surface area contributed by atoms with E-state index >= 15 is 0 Å². The number of rotatable bonds is 5. The highest BCUT2D eigenvalue weighted by atomic mass is 32.2. The predicted octanol–water partition coefficient (Wildman–Crippen LogP) is -0.510. The number of amides is 2. The van der Waals surface area contributed by atoms with E-state index in [2.05, 4.69) is 15.4 Å². The van der Waals surface area contributed by atoms with Crippen LogP contribution in [0.15, 0.2) is 29.2 Å². The van der Waals surface area contributed by atoms with Crippen LogP contribution in [0.2, 0.25) is 0 Å². The van der Waals surface area contributed by atoms with Crippen molar-refractivity contribution in [1.82, 2.24) is 15.4 Å².